The smallest absolute Gasteiger partial charge is 0.418 e. The van der Waals surface area contributed by atoms with Crippen LogP contribution in [-0.4, -0.2) is 29.2 Å². The molecule has 0 saturated heterocycles. The quantitative estimate of drug-likeness (QED) is 0.436. The number of Topliss-reactive ketones (excluding diaryl/α,β-unsaturated/α-hetero) is 1. The predicted molar refractivity (Wildman–Crippen MR) is 96.2 cm³/mol. The number of anilines is 1. The molecule has 0 unspecified atom stereocenters. The summed E-state index contributed by atoms with van der Waals surface area (Å²) in [5, 5.41) is 12.7. The third-order valence-corrected chi connectivity index (χ3v) is 5.52. The number of benzene rings is 1. The SMILES string of the molecule is O=C(COC(=O)C1C[C@@H]2CCC[C@@H](C1)C2=O)Nc1ccc([N+](=O)[O-])cc1C(F)(F)F. The largest absolute Gasteiger partial charge is 0.455 e. The van der Waals surface area contributed by atoms with E-state index in [1.165, 1.54) is 0 Å². The number of nitrogens with one attached hydrogen (secondary N) is 1. The van der Waals surface area contributed by atoms with E-state index in [0.29, 0.717) is 18.9 Å². The summed E-state index contributed by atoms with van der Waals surface area (Å²) < 4.78 is 44.4. The fraction of sp³-hybridized carbons (Fsp3) is 0.526. The molecule has 2 saturated carbocycles. The van der Waals surface area contributed by atoms with Crippen LogP contribution in [0.15, 0.2) is 18.2 Å². The van der Waals surface area contributed by atoms with Gasteiger partial charge in [-0.25, -0.2) is 0 Å². The zero-order chi connectivity index (χ0) is 22.1. The van der Waals surface area contributed by atoms with E-state index in [1.807, 2.05) is 5.32 Å². The number of non-ortho nitro benzene ring substituents is 1. The molecular formula is C19H19F3N2O6. The Hall–Kier alpha value is -2.98. The number of carbonyl (C=O) groups is 3. The number of halogens is 3. The van der Waals surface area contributed by atoms with E-state index in [-0.39, 0.29) is 17.6 Å². The molecule has 0 radical (unpaired) electrons. The lowest BCUT2D eigenvalue weighted by atomic mass is 9.67. The topological polar surface area (TPSA) is 116 Å². The second kappa shape index (κ2) is 8.41. The summed E-state index contributed by atoms with van der Waals surface area (Å²) in [5.41, 5.74) is -2.83. The Morgan fingerprint density at radius 1 is 1.20 bits per heavy atom. The number of carbonyl (C=O) groups excluding carboxylic acids is 3. The van der Waals surface area contributed by atoms with Gasteiger partial charge in [0.15, 0.2) is 6.61 Å². The fourth-order valence-corrected chi connectivity index (χ4v) is 4.10. The van der Waals surface area contributed by atoms with Crippen molar-refractivity contribution in [2.45, 2.75) is 38.3 Å². The van der Waals surface area contributed by atoms with Gasteiger partial charge in [0.2, 0.25) is 0 Å². The zero-order valence-corrected chi connectivity index (χ0v) is 15.7. The second-order valence-electron chi connectivity index (χ2n) is 7.54. The Labute approximate surface area is 168 Å². The number of nitro benzene ring substituents is 1. The van der Waals surface area contributed by atoms with Crippen molar-refractivity contribution in [3.63, 3.8) is 0 Å². The number of ketones is 1. The van der Waals surface area contributed by atoms with Gasteiger partial charge in [0.1, 0.15) is 5.78 Å². The number of nitro groups is 1. The highest BCUT2D eigenvalue weighted by Crippen LogP contribution is 2.40. The number of hydrogen-bond donors (Lipinski definition) is 1. The molecule has 30 heavy (non-hydrogen) atoms. The summed E-state index contributed by atoms with van der Waals surface area (Å²) in [6, 6.07) is 1.92. The Morgan fingerprint density at radius 2 is 1.83 bits per heavy atom. The maximum Gasteiger partial charge on any atom is 0.418 e. The highest BCUT2D eigenvalue weighted by Gasteiger charge is 2.42. The van der Waals surface area contributed by atoms with Crippen LogP contribution in [0.3, 0.4) is 0 Å². The van der Waals surface area contributed by atoms with Crippen molar-refractivity contribution in [2.75, 3.05) is 11.9 Å². The maximum absolute atomic E-state index is 13.2. The molecule has 2 fully saturated rings. The lowest BCUT2D eigenvalue weighted by molar-refractivity contribution is -0.385. The average molecular weight is 428 g/mol. The third kappa shape index (κ3) is 4.77. The number of esters is 1. The minimum absolute atomic E-state index is 0.167. The van der Waals surface area contributed by atoms with E-state index in [2.05, 4.69) is 0 Å². The van der Waals surface area contributed by atoms with Crippen molar-refractivity contribution in [3.05, 3.63) is 33.9 Å². The number of ether oxygens (including phenoxy) is 1. The number of fused-ring (bicyclic) bond motifs is 2. The molecule has 162 valence electrons. The summed E-state index contributed by atoms with van der Waals surface area (Å²) in [5.74, 6) is -2.38. The van der Waals surface area contributed by atoms with Crippen molar-refractivity contribution in [2.24, 2.45) is 17.8 Å². The van der Waals surface area contributed by atoms with Gasteiger partial charge in [-0.15, -0.1) is 0 Å². The summed E-state index contributed by atoms with van der Waals surface area (Å²) in [6.07, 6.45) is -1.84. The van der Waals surface area contributed by atoms with Crippen LogP contribution in [0.4, 0.5) is 24.5 Å². The van der Waals surface area contributed by atoms with Crippen molar-refractivity contribution in [1.82, 2.24) is 0 Å². The van der Waals surface area contributed by atoms with Crippen LogP contribution in [-0.2, 0) is 25.3 Å². The predicted octanol–water partition coefficient (Wildman–Crippen LogP) is 3.49. The normalized spacial score (nSPS) is 23.6. The number of rotatable bonds is 5. The minimum atomic E-state index is -4.93. The molecule has 11 heteroatoms. The Morgan fingerprint density at radius 3 is 2.40 bits per heavy atom. The molecule has 1 aromatic rings. The van der Waals surface area contributed by atoms with Gasteiger partial charge in [0.05, 0.1) is 22.1 Å². The fourth-order valence-electron chi connectivity index (χ4n) is 4.10. The molecule has 2 aliphatic rings. The molecule has 0 spiro atoms. The second-order valence-corrected chi connectivity index (χ2v) is 7.54. The molecule has 0 aliphatic heterocycles. The van der Waals surface area contributed by atoms with E-state index in [0.717, 1.165) is 31.4 Å². The number of nitrogens with zero attached hydrogens (tertiary/aromatic N) is 1. The Kier molecular flexibility index (Phi) is 6.09. The molecule has 2 aliphatic carbocycles. The van der Waals surface area contributed by atoms with Crippen LogP contribution >= 0.6 is 0 Å². The van der Waals surface area contributed by atoms with Crippen LogP contribution in [0.1, 0.15) is 37.7 Å². The van der Waals surface area contributed by atoms with Crippen molar-refractivity contribution < 1.29 is 37.2 Å². The summed E-state index contributed by atoms with van der Waals surface area (Å²) in [6.45, 7) is -0.799. The molecule has 1 amide bonds. The van der Waals surface area contributed by atoms with Gasteiger partial charge in [0, 0.05) is 24.0 Å². The average Bonchev–Trinajstić information content (AvgIpc) is 2.65. The van der Waals surface area contributed by atoms with Gasteiger partial charge in [-0.3, -0.25) is 24.5 Å². The van der Waals surface area contributed by atoms with Crippen molar-refractivity contribution in [1.29, 1.82) is 0 Å². The first-order chi connectivity index (χ1) is 14.1. The van der Waals surface area contributed by atoms with E-state index in [4.69, 9.17) is 4.74 Å². The molecule has 8 nitrogen and oxygen atoms in total. The van der Waals surface area contributed by atoms with Crippen LogP contribution < -0.4 is 5.32 Å². The van der Waals surface area contributed by atoms with Gasteiger partial charge in [-0.2, -0.15) is 13.2 Å². The highest BCUT2D eigenvalue weighted by molar-refractivity contribution is 5.94. The lowest BCUT2D eigenvalue weighted by Crippen LogP contribution is -2.40. The summed E-state index contributed by atoms with van der Waals surface area (Å²) >= 11 is 0. The van der Waals surface area contributed by atoms with Gasteiger partial charge in [0.25, 0.3) is 11.6 Å². The van der Waals surface area contributed by atoms with Crippen LogP contribution in [0.5, 0.6) is 0 Å². The molecule has 0 heterocycles. The monoisotopic (exact) mass is 428 g/mol. The lowest BCUT2D eigenvalue weighted by Gasteiger charge is -2.36. The highest BCUT2D eigenvalue weighted by atomic mass is 19.4. The number of alkyl halides is 3. The Balaban J connectivity index is 1.60. The van der Waals surface area contributed by atoms with Crippen LogP contribution in [0.2, 0.25) is 0 Å². The van der Waals surface area contributed by atoms with Crippen LogP contribution in [0.25, 0.3) is 0 Å². The van der Waals surface area contributed by atoms with E-state index in [1.54, 1.807) is 0 Å². The summed E-state index contributed by atoms with van der Waals surface area (Å²) in [7, 11) is 0. The van der Waals surface area contributed by atoms with Crippen molar-refractivity contribution in [3.8, 4) is 0 Å². The maximum atomic E-state index is 13.2. The van der Waals surface area contributed by atoms with Crippen LogP contribution in [0, 0.1) is 27.9 Å². The zero-order valence-electron chi connectivity index (χ0n) is 15.7. The van der Waals surface area contributed by atoms with Gasteiger partial charge in [-0.05, 0) is 31.7 Å². The number of hydrogen-bond acceptors (Lipinski definition) is 6. The van der Waals surface area contributed by atoms with E-state index in [9.17, 15) is 37.7 Å². The van der Waals surface area contributed by atoms with Gasteiger partial charge in [-0.1, -0.05) is 6.42 Å². The summed E-state index contributed by atoms with van der Waals surface area (Å²) in [4.78, 5) is 46.1. The molecule has 1 N–H and O–H groups in total. The van der Waals surface area contributed by atoms with Crippen molar-refractivity contribution >= 4 is 29.0 Å². The molecule has 2 bridgehead atoms. The molecule has 2 atom stereocenters. The Bertz CT molecular complexity index is 870. The first-order valence-electron chi connectivity index (χ1n) is 9.42. The standard InChI is InChI=1S/C19H19F3N2O6/c20-19(21,22)14-8-13(24(28)29)4-5-15(14)23-16(25)9-30-18(27)12-6-10-2-1-3-11(7-12)17(10)26/h4-5,8,10-12H,1-3,6-7,9H2,(H,23,25)/t10-,11-/m0/s1. The molecule has 0 aromatic heterocycles. The third-order valence-electron chi connectivity index (χ3n) is 5.52. The van der Waals surface area contributed by atoms with E-state index >= 15 is 0 Å². The minimum Gasteiger partial charge on any atom is -0.455 e. The first-order valence-corrected chi connectivity index (χ1v) is 9.42. The number of amides is 1. The van der Waals surface area contributed by atoms with E-state index < -0.39 is 52.4 Å². The molecule has 3 rings (SSSR count). The first kappa shape index (κ1) is 21.7. The van der Waals surface area contributed by atoms with Gasteiger partial charge < -0.3 is 10.1 Å². The molecular weight excluding hydrogens is 409 g/mol. The molecule has 1 aromatic carbocycles. The van der Waals surface area contributed by atoms with Gasteiger partial charge >= 0.3 is 12.1 Å².